The number of carbonyl (C=O) groups is 8. The quantitative estimate of drug-likeness (QED) is 0.177. The first-order valence-electron chi connectivity index (χ1n) is 25.4. The normalized spacial score (nSPS) is 25.2. The first kappa shape index (κ1) is 43.1. The third kappa shape index (κ3) is 5.09. The Hall–Kier alpha value is -8.54. The summed E-state index contributed by atoms with van der Waals surface area (Å²) in [6, 6.07) is 7.97. The number of amides is 8. The number of carbonyl (C=O) groups excluding carboxylic acids is 8. The van der Waals surface area contributed by atoms with Gasteiger partial charge in [0.2, 0.25) is 0 Å². The lowest BCUT2D eigenvalue weighted by molar-refractivity contribution is 0.0241. The van der Waals surface area contributed by atoms with Crippen molar-refractivity contribution in [3.8, 4) is 0 Å². The maximum absolute atomic E-state index is 15.0. The molecule has 8 amide bonds. The molecule has 3 aliphatic carbocycles. The van der Waals surface area contributed by atoms with Crippen LogP contribution in [0.1, 0.15) is 172 Å². The average Bonchev–Trinajstić information content (AvgIpc) is 3.89. The molecule has 22 heterocycles. The largest absolute Gasteiger partial charge is 0.269 e. The van der Waals surface area contributed by atoms with Gasteiger partial charge in [0.05, 0.1) is 57.8 Å². The highest BCUT2D eigenvalue weighted by Gasteiger charge is 2.52. The van der Waals surface area contributed by atoms with Gasteiger partial charge < -0.3 is 0 Å². The molecule has 20 aliphatic heterocycles. The number of hydrogen-bond donors (Lipinski definition) is 0. The number of aromatic nitrogens is 2. The lowest BCUT2D eigenvalue weighted by Gasteiger charge is -2.46. The van der Waals surface area contributed by atoms with E-state index in [1.54, 1.807) is 0 Å². The van der Waals surface area contributed by atoms with Gasteiger partial charge in [-0.15, -0.1) is 0 Å². The highest BCUT2D eigenvalue weighted by molar-refractivity contribution is 6.35. The smallest absolute Gasteiger partial charge is 0.261 e. The molecule has 23 aliphatic rings. The highest BCUT2D eigenvalue weighted by Crippen LogP contribution is 2.46. The summed E-state index contributed by atoms with van der Waals surface area (Å²) < 4.78 is 2.06. The predicted octanol–water partition coefficient (Wildman–Crippen LogP) is 5.30. The van der Waals surface area contributed by atoms with E-state index in [1.807, 2.05) is 0 Å². The topological polar surface area (TPSA) is 228 Å². The SMILES string of the molecule is O=C1c2ccc3c4c5ccc(c24)C(=O)N1[C@H]1CCCC[C@@H]1N1C(=O)c2ccc4c6c(ccc(c26)C1=O)C(=O)N(C4=O)[C@H]1CCCC[C@@H]1n1c(=O)c2cc4c(=O)n(c(=O)c4cc2c1=O)[C@H]1CCCC[C@@H]1N(C3=O)C5=O. The Morgan fingerprint density at radius 3 is 0.635 bits per heavy atom. The van der Waals surface area contributed by atoms with Crippen LogP contribution >= 0.6 is 0 Å². The van der Waals surface area contributed by atoms with Crippen LogP contribution in [0.3, 0.4) is 0 Å². The van der Waals surface area contributed by atoms with E-state index in [9.17, 15) is 57.5 Å². The zero-order chi connectivity index (χ0) is 50.7. The molecule has 366 valence electrons. The Labute approximate surface area is 416 Å². The fourth-order valence-electron chi connectivity index (χ4n) is 14.7. The second-order valence-electron chi connectivity index (χ2n) is 21.2. The standard InChI is InChI=1S/C56H40N6O12/c63-45-23-13-17-27-43-28-18-14-24(41(23)43)46(64)57(45)35-7-1-2-8-36(35)58-47(65)25-15-19-29-44-30(20-16-26(42(25)44)48(58)66)52(70)60(51(29)69)38-10-4-6-12-40(38)62-55(73)33-21-31-32(22-34(33)56(62)74)54(72)61(53(31)71)39-11-5-3-9-37(39)59(49(27)67)50(28)68/h13-22,35-40H,1-12H2/t35-,36-,37-,38-,39-,40-/m0/s1. The van der Waals surface area contributed by atoms with Gasteiger partial charge in [-0.05, 0) is 99.2 Å². The fraction of sp³-hybridized carbons (Fsp3) is 0.321. The van der Waals surface area contributed by atoms with Crippen molar-refractivity contribution in [2.45, 2.75) is 113 Å². The first-order chi connectivity index (χ1) is 35.8. The minimum Gasteiger partial charge on any atom is -0.269 e. The Balaban J connectivity index is 0.960. The summed E-state index contributed by atoms with van der Waals surface area (Å²) in [7, 11) is 0. The third-order valence-corrected chi connectivity index (χ3v) is 17.9. The molecular weight excluding hydrogens is 949 g/mol. The maximum atomic E-state index is 15.0. The Bertz CT molecular complexity index is 3750. The lowest BCUT2D eigenvalue weighted by Crippen LogP contribution is -2.61. The summed E-state index contributed by atoms with van der Waals surface area (Å²) in [5, 5.41) is -0.0824. The van der Waals surface area contributed by atoms with Crippen LogP contribution in [-0.4, -0.2) is 100 Å². The Morgan fingerprint density at radius 1 is 0.257 bits per heavy atom. The molecule has 3 fully saturated rings. The molecule has 0 saturated heterocycles. The van der Waals surface area contributed by atoms with Crippen molar-refractivity contribution in [1.29, 1.82) is 0 Å². The van der Waals surface area contributed by atoms with Gasteiger partial charge in [-0.1, -0.05) is 38.5 Å². The van der Waals surface area contributed by atoms with Crippen LogP contribution in [0.25, 0.3) is 43.1 Å². The van der Waals surface area contributed by atoms with Gasteiger partial charge in [-0.2, -0.15) is 0 Å². The molecule has 3 saturated carbocycles. The molecule has 0 unspecified atom stereocenters. The van der Waals surface area contributed by atoms with Crippen molar-refractivity contribution in [3.63, 3.8) is 0 Å². The van der Waals surface area contributed by atoms with E-state index < -0.39 is 106 Å². The number of hydrogen-bond acceptors (Lipinski definition) is 12. The third-order valence-electron chi connectivity index (χ3n) is 17.9. The second kappa shape index (κ2) is 14.6. The van der Waals surface area contributed by atoms with Crippen LogP contribution in [-0.2, 0) is 0 Å². The van der Waals surface area contributed by atoms with Crippen LogP contribution in [0.5, 0.6) is 0 Å². The zero-order valence-corrected chi connectivity index (χ0v) is 39.3. The van der Waals surface area contributed by atoms with Gasteiger partial charge in [0, 0.05) is 66.1 Å². The minimum atomic E-state index is -1.00. The van der Waals surface area contributed by atoms with Crippen LogP contribution < -0.4 is 22.2 Å². The fourth-order valence-corrected chi connectivity index (χ4v) is 14.7. The molecule has 18 nitrogen and oxygen atoms in total. The Morgan fingerprint density at radius 2 is 0.432 bits per heavy atom. The van der Waals surface area contributed by atoms with E-state index in [0.717, 1.165) is 28.7 Å². The van der Waals surface area contributed by atoms with Gasteiger partial charge >= 0.3 is 0 Å². The molecular formula is C56H40N6O12. The van der Waals surface area contributed by atoms with Crippen molar-refractivity contribution in [1.82, 2.24) is 28.7 Å². The second-order valence-corrected chi connectivity index (χ2v) is 21.2. The van der Waals surface area contributed by atoms with E-state index in [4.69, 9.17) is 0 Å². The summed E-state index contributed by atoms with van der Waals surface area (Å²) in [5.41, 5.74) is -2.73. The summed E-state index contributed by atoms with van der Waals surface area (Å²) in [5.74, 6) is -5.87. The molecule has 0 N–H and O–H groups in total. The monoisotopic (exact) mass is 988 g/mol. The van der Waals surface area contributed by atoms with Crippen molar-refractivity contribution in [3.05, 3.63) is 147 Å². The molecule has 22 bridgehead atoms. The molecule has 18 heteroatoms. The van der Waals surface area contributed by atoms with E-state index in [1.165, 1.54) is 60.7 Å². The molecule has 6 atom stereocenters. The van der Waals surface area contributed by atoms with E-state index in [0.29, 0.717) is 38.5 Å². The van der Waals surface area contributed by atoms with Crippen molar-refractivity contribution in [2.75, 3.05) is 0 Å². The summed E-state index contributed by atoms with van der Waals surface area (Å²) in [6.45, 7) is 0. The summed E-state index contributed by atoms with van der Waals surface area (Å²) >= 11 is 0. The molecule has 7 aromatic rings. The molecule has 0 spiro atoms. The van der Waals surface area contributed by atoms with Crippen molar-refractivity contribution < 1.29 is 38.4 Å². The molecule has 74 heavy (non-hydrogen) atoms. The number of rotatable bonds is 0. The number of benzene rings is 5. The van der Waals surface area contributed by atoms with Gasteiger partial charge in [-0.3, -0.25) is 86.3 Å². The zero-order valence-electron chi connectivity index (χ0n) is 39.3. The van der Waals surface area contributed by atoms with Crippen LogP contribution in [0.2, 0.25) is 0 Å². The van der Waals surface area contributed by atoms with Gasteiger partial charge in [0.15, 0.2) is 0 Å². The molecule has 0 radical (unpaired) electrons. The summed E-state index contributed by atoms with van der Waals surface area (Å²) in [6.07, 6.45) is 4.70. The maximum Gasteiger partial charge on any atom is 0.261 e. The van der Waals surface area contributed by atoms with Crippen LogP contribution in [0.4, 0.5) is 0 Å². The molecule has 2 aromatic heterocycles. The molecule has 5 aromatic carbocycles. The van der Waals surface area contributed by atoms with E-state index in [2.05, 4.69) is 0 Å². The van der Waals surface area contributed by atoms with Crippen LogP contribution in [0.15, 0.2) is 79.8 Å². The van der Waals surface area contributed by atoms with Gasteiger partial charge in [0.25, 0.3) is 69.5 Å². The number of nitrogens with zero attached hydrogens (tertiary/aromatic N) is 6. The highest BCUT2D eigenvalue weighted by atomic mass is 16.2. The minimum absolute atomic E-state index is 0.0396. The van der Waals surface area contributed by atoms with Crippen LogP contribution in [0, 0.1) is 0 Å². The van der Waals surface area contributed by atoms with Crippen molar-refractivity contribution >= 4 is 90.3 Å². The molecule has 30 rings (SSSR count). The summed E-state index contributed by atoms with van der Waals surface area (Å²) in [4.78, 5) is 183. The predicted molar refractivity (Wildman–Crippen MR) is 263 cm³/mol. The Kier molecular flexibility index (Phi) is 8.48. The van der Waals surface area contributed by atoms with E-state index in [-0.39, 0.29) is 126 Å². The average molecular weight is 989 g/mol. The first-order valence-corrected chi connectivity index (χ1v) is 25.4. The van der Waals surface area contributed by atoms with Gasteiger partial charge in [-0.25, -0.2) is 0 Å². The lowest BCUT2D eigenvalue weighted by atomic mass is 9.80. The van der Waals surface area contributed by atoms with Gasteiger partial charge in [0.1, 0.15) is 0 Å². The number of imide groups is 4. The van der Waals surface area contributed by atoms with Crippen molar-refractivity contribution in [2.24, 2.45) is 0 Å². The van der Waals surface area contributed by atoms with E-state index >= 15 is 0 Å².